The van der Waals surface area contributed by atoms with Crippen LogP contribution in [0.15, 0.2) is 18.2 Å². The van der Waals surface area contributed by atoms with Crippen LogP contribution in [-0.4, -0.2) is 5.91 Å². The summed E-state index contributed by atoms with van der Waals surface area (Å²) < 4.78 is 13.9. The molecule has 1 aromatic rings. The summed E-state index contributed by atoms with van der Waals surface area (Å²) in [6.07, 6.45) is 4.61. The molecule has 1 unspecified atom stereocenters. The van der Waals surface area contributed by atoms with Crippen molar-refractivity contribution in [1.29, 1.82) is 0 Å². The van der Waals surface area contributed by atoms with Crippen molar-refractivity contribution >= 4 is 5.91 Å². The molecule has 0 bridgehead atoms. The fourth-order valence-corrected chi connectivity index (χ4v) is 2.58. The molecule has 90 valence electrons. The summed E-state index contributed by atoms with van der Waals surface area (Å²) in [7, 11) is 0. The number of benzene rings is 1. The van der Waals surface area contributed by atoms with Crippen LogP contribution in [0, 0.1) is 11.7 Å². The molecule has 1 amide bonds. The van der Waals surface area contributed by atoms with Crippen molar-refractivity contribution < 1.29 is 9.18 Å². The first-order valence-corrected chi connectivity index (χ1v) is 6.30. The predicted molar refractivity (Wildman–Crippen MR) is 62.9 cm³/mol. The van der Waals surface area contributed by atoms with Crippen molar-refractivity contribution in [1.82, 2.24) is 5.32 Å². The van der Waals surface area contributed by atoms with Crippen LogP contribution < -0.4 is 5.32 Å². The van der Waals surface area contributed by atoms with Gasteiger partial charge >= 0.3 is 0 Å². The third kappa shape index (κ3) is 2.19. The predicted octanol–water partition coefficient (Wildman–Crippen LogP) is 2.73. The van der Waals surface area contributed by atoms with Crippen molar-refractivity contribution in [2.24, 2.45) is 5.92 Å². The molecule has 2 nitrogen and oxygen atoms in total. The second kappa shape index (κ2) is 4.13. The zero-order chi connectivity index (χ0) is 11.8. The standard InChI is InChI=1S/C14H16FNO/c15-12-3-1-2-10(11(12)8-9-4-5-9)13-6-7-14(17)16-13/h1-3,9,13H,4-8H2,(H,16,17). The lowest BCUT2D eigenvalue weighted by Crippen LogP contribution is -2.20. The number of hydrogen-bond acceptors (Lipinski definition) is 1. The SMILES string of the molecule is O=C1CCC(c2cccc(F)c2CC2CC2)N1. The van der Waals surface area contributed by atoms with E-state index in [1.165, 1.54) is 18.9 Å². The fraction of sp³-hybridized carbons (Fsp3) is 0.500. The van der Waals surface area contributed by atoms with Crippen LogP contribution in [-0.2, 0) is 11.2 Å². The highest BCUT2D eigenvalue weighted by Gasteiger charge is 2.29. The Kier molecular flexibility index (Phi) is 2.61. The van der Waals surface area contributed by atoms with Gasteiger partial charge in [-0.2, -0.15) is 0 Å². The van der Waals surface area contributed by atoms with Crippen LogP contribution in [0.5, 0.6) is 0 Å². The number of hydrogen-bond donors (Lipinski definition) is 1. The lowest BCUT2D eigenvalue weighted by Gasteiger charge is -2.16. The van der Waals surface area contributed by atoms with Crippen LogP contribution >= 0.6 is 0 Å². The Morgan fingerprint density at radius 3 is 2.76 bits per heavy atom. The van der Waals surface area contributed by atoms with Crippen LogP contribution in [0.3, 0.4) is 0 Å². The van der Waals surface area contributed by atoms with Gasteiger partial charge in [-0.15, -0.1) is 0 Å². The van der Waals surface area contributed by atoms with E-state index in [2.05, 4.69) is 5.32 Å². The largest absolute Gasteiger partial charge is 0.349 e. The second-order valence-electron chi connectivity index (χ2n) is 5.11. The number of amides is 1. The minimum absolute atomic E-state index is 0.0203. The normalized spacial score (nSPS) is 23.8. The molecular formula is C14H16FNO. The maximum atomic E-state index is 13.9. The van der Waals surface area contributed by atoms with Gasteiger partial charge in [-0.05, 0) is 48.8 Å². The van der Waals surface area contributed by atoms with E-state index < -0.39 is 0 Å². The van der Waals surface area contributed by atoms with E-state index >= 15 is 0 Å². The molecule has 2 fully saturated rings. The van der Waals surface area contributed by atoms with Crippen LogP contribution in [0.25, 0.3) is 0 Å². The van der Waals surface area contributed by atoms with E-state index in [4.69, 9.17) is 0 Å². The van der Waals surface area contributed by atoms with Gasteiger partial charge < -0.3 is 5.32 Å². The molecule has 17 heavy (non-hydrogen) atoms. The Labute approximate surface area is 100 Å². The third-order valence-corrected chi connectivity index (χ3v) is 3.72. The van der Waals surface area contributed by atoms with Crippen LogP contribution in [0.1, 0.15) is 42.9 Å². The summed E-state index contributed by atoms with van der Waals surface area (Å²) in [6, 6.07) is 5.24. The van der Waals surface area contributed by atoms with E-state index in [9.17, 15) is 9.18 Å². The maximum absolute atomic E-state index is 13.9. The van der Waals surface area contributed by atoms with Crippen molar-refractivity contribution in [3.05, 3.63) is 35.1 Å². The Morgan fingerprint density at radius 2 is 2.12 bits per heavy atom. The maximum Gasteiger partial charge on any atom is 0.220 e. The Balaban J connectivity index is 1.91. The summed E-state index contributed by atoms with van der Waals surface area (Å²) >= 11 is 0. The molecule has 0 spiro atoms. The molecule has 1 heterocycles. The molecule has 1 N–H and O–H groups in total. The minimum atomic E-state index is -0.115. The topological polar surface area (TPSA) is 29.1 Å². The van der Waals surface area contributed by atoms with Gasteiger partial charge in [-0.3, -0.25) is 4.79 Å². The first-order chi connectivity index (χ1) is 8.24. The van der Waals surface area contributed by atoms with E-state index in [1.54, 1.807) is 6.07 Å². The lowest BCUT2D eigenvalue weighted by molar-refractivity contribution is -0.119. The Morgan fingerprint density at radius 1 is 1.29 bits per heavy atom. The van der Waals surface area contributed by atoms with Gasteiger partial charge in [-0.1, -0.05) is 12.1 Å². The van der Waals surface area contributed by atoms with Gasteiger partial charge in [0.2, 0.25) is 5.91 Å². The third-order valence-electron chi connectivity index (χ3n) is 3.72. The summed E-state index contributed by atoms with van der Waals surface area (Å²) in [5.74, 6) is 0.620. The molecule has 3 heteroatoms. The van der Waals surface area contributed by atoms with Gasteiger partial charge in [0, 0.05) is 6.42 Å². The van der Waals surface area contributed by atoms with Crippen molar-refractivity contribution in [3.8, 4) is 0 Å². The summed E-state index contributed by atoms with van der Waals surface area (Å²) in [5, 5.41) is 2.93. The van der Waals surface area contributed by atoms with Gasteiger partial charge in [0.05, 0.1) is 6.04 Å². The molecule has 1 saturated heterocycles. The highest BCUT2D eigenvalue weighted by Crippen LogP contribution is 2.36. The van der Waals surface area contributed by atoms with Crippen molar-refractivity contribution in [2.45, 2.75) is 38.1 Å². The van der Waals surface area contributed by atoms with E-state index in [0.717, 1.165) is 24.0 Å². The summed E-state index contributed by atoms with van der Waals surface area (Å²) in [6.45, 7) is 0. The van der Waals surface area contributed by atoms with Gasteiger partial charge in [0.1, 0.15) is 5.82 Å². The molecule has 3 rings (SSSR count). The molecule has 1 aliphatic carbocycles. The molecule has 2 aliphatic rings. The first-order valence-electron chi connectivity index (χ1n) is 6.30. The molecule has 1 aromatic carbocycles. The number of carbonyl (C=O) groups excluding carboxylic acids is 1. The molecule has 0 aromatic heterocycles. The molecule has 1 atom stereocenters. The molecule has 0 radical (unpaired) electrons. The van der Waals surface area contributed by atoms with Gasteiger partial charge in [0.25, 0.3) is 0 Å². The number of halogens is 1. The first kappa shape index (κ1) is 10.8. The number of nitrogens with one attached hydrogen (secondary N) is 1. The lowest BCUT2D eigenvalue weighted by atomic mass is 9.95. The molecule has 1 saturated carbocycles. The zero-order valence-electron chi connectivity index (χ0n) is 9.71. The van der Waals surface area contributed by atoms with E-state index in [1.807, 2.05) is 6.07 Å². The monoisotopic (exact) mass is 233 g/mol. The number of carbonyl (C=O) groups is 1. The van der Waals surface area contributed by atoms with Gasteiger partial charge in [0.15, 0.2) is 0 Å². The second-order valence-corrected chi connectivity index (χ2v) is 5.11. The Hall–Kier alpha value is -1.38. The fourth-order valence-electron chi connectivity index (χ4n) is 2.58. The Bertz CT molecular complexity index is 454. The summed E-state index contributed by atoms with van der Waals surface area (Å²) in [5.41, 5.74) is 1.81. The van der Waals surface area contributed by atoms with Crippen LogP contribution in [0.2, 0.25) is 0 Å². The van der Waals surface area contributed by atoms with Crippen molar-refractivity contribution in [3.63, 3.8) is 0 Å². The van der Waals surface area contributed by atoms with Gasteiger partial charge in [-0.25, -0.2) is 4.39 Å². The van der Waals surface area contributed by atoms with E-state index in [-0.39, 0.29) is 17.8 Å². The zero-order valence-corrected chi connectivity index (χ0v) is 9.71. The average molecular weight is 233 g/mol. The molecule has 1 aliphatic heterocycles. The quantitative estimate of drug-likeness (QED) is 0.854. The average Bonchev–Trinajstić information content (AvgIpc) is 3.02. The number of rotatable bonds is 3. The van der Waals surface area contributed by atoms with Crippen LogP contribution in [0.4, 0.5) is 4.39 Å². The molecular weight excluding hydrogens is 217 g/mol. The highest BCUT2D eigenvalue weighted by atomic mass is 19.1. The van der Waals surface area contributed by atoms with Crippen molar-refractivity contribution in [2.75, 3.05) is 0 Å². The highest BCUT2D eigenvalue weighted by molar-refractivity contribution is 5.78. The summed E-state index contributed by atoms with van der Waals surface area (Å²) in [4.78, 5) is 11.3. The van der Waals surface area contributed by atoms with E-state index in [0.29, 0.717) is 12.3 Å². The minimum Gasteiger partial charge on any atom is -0.349 e. The smallest absolute Gasteiger partial charge is 0.220 e.